The summed E-state index contributed by atoms with van der Waals surface area (Å²) in [6, 6.07) is 0. The fourth-order valence-electron chi connectivity index (χ4n) is 1.41. The van der Waals surface area contributed by atoms with Crippen molar-refractivity contribution in [1.29, 1.82) is 0 Å². The minimum Gasteiger partial charge on any atom is -0.395 e. The molecular formula is C9H16N4O. The molecule has 1 aromatic rings. The van der Waals surface area contributed by atoms with Crippen molar-refractivity contribution in [2.75, 3.05) is 5.73 Å². The maximum Gasteiger partial charge on any atom is 0.269 e. The number of anilines is 1. The Morgan fingerprint density at radius 2 is 2.14 bits per heavy atom. The van der Waals surface area contributed by atoms with Gasteiger partial charge >= 0.3 is 0 Å². The molecule has 14 heavy (non-hydrogen) atoms. The van der Waals surface area contributed by atoms with E-state index in [1.807, 2.05) is 20.8 Å². The highest BCUT2D eigenvalue weighted by Gasteiger charge is 2.20. The van der Waals surface area contributed by atoms with Gasteiger partial charge in [-0.15, -0.1) is 0 Å². The second-order valence-corrected chi connectivity index (χ2v) is 3.48. The Morgan fingerprint density at radius 1 is 1.57 bits per heavy atom. The minimum atomic E-state index is -0.524. The van der Waals surface area contributed by atoms with Crippen LogP contribution in [0.1, 0.15) is 42.9 Å². The van der Waals surface area contributed by atoms with Crippen LogP contribution in [0.3, 0.4) is 0 Å². The molecule has 1 heterocycles. The van der Waals surface area contributed by atoms with Crippen molar-refractivity contribution in [1.82, 2.24) is 9.78 Å². The predicted octanol–water partition coefficient (Wildman–Crippen LogP) is 0.708. The Kier molecular flexibility index (Phi) is 2.78. The zero-order chi connectivity index (χ0) is 10.9. The number of carbonyl (C=O) groups excluding carboxylic acids is 1. The molecule has 78 valence electrons. The summed E-state index contributed by atoms with van der Waals surface area (Å²) >= 11 is 0. The lowest BCUT2D eigenvalue weighted by Crippen LogP contribution is -2.18. The van der Waals surface area contributed by atoms with Gasteiger partial charge in [-0.3, -0.25) is 9.48 Å². The van der Waals surface area contributed by atoms with E-state index in [2.05, 4.69) is 5.10 Å². The molecule has 5 heteroatoms. The smallest absolute Gasteiger partial charge is 0.269 e. The third-order valence-corrected chi connectivity index (χ3v) is 2.10. The Morgan fingerprint density at radius 3 is 2.43 bits per heavy atom. The summed E-state index contributed by atoms with van der Waals surface area (Å²) in [5, 5.41) is 4.24. The molecule has 0 spiro atoms. The molecule has 0 unspecified atom stereocenters. The van der Waals surface area contributed by atoms with Crippen LogP contribution in [-0.4, -0.2) is 15.7 Å². The van der Waals surface area contributed by atoms with Crippen LogP contribution in [0.25, 0.3) is 0 Å². The highest BCUT2D eigenvalue weighted by molar-refractivity contribution is 5.96. The number of amides is 1. The van der Waals surface area contributed by atoms with E-state index < -0.39 is 5.91 Å². The standard InChI is InChI=1S/C9H16N4O/c1-4-13-8(9(11)14)6(10)7(12-13)5(2)3/h5H,4,10H2,1-3H3,(H2,11,14). The number of primary amides is 1. The number of hydrogen-bond acceptors (Lipinski definition) is 3. The fraction of sp³-hybridized carbons (Fsp3) is 0.556. The molecule has 4 N–H and O–H groups in total. The largest absolute Gasteiger partial charge is 0.395 e. The normalized spacial score (nSPS) is 10.9. The highest BCUT2D eigenvalue weighted by atomic mass is 16.1. The van der Waals surface area contributed by atoms with E-state index in [-0.39, 0.29) is 5.92 Å². The van der Waals surface area contributed by atoms with Gasteiger partial charge in [-0.05, 0) is 12.8 Å². The SMILES string of the molecule is CCn1nc(C(C)C)c(N)c1C(N)=O. The summed E-state index contributed by atoms with van der Waals surface area (Å²) in [7, 11) is 0. The van der Waals surface area contributed by atoms with E-state index in [9.17, 15) is 4.79 Å². The van der Waals surface area contributed by atoms with E-state index >= 15 is 0 Å². The maximum absolute atomic E-state index is 11.1. The minimum absolute atomic E-state index is 0.195. The lowest BCUT2D eigenvalue weighted by atomic mass is 10.1. The number of aryl methyl sites for hydroxylation is 1. The highest BCUT2D eigenvalue weighted by Crippen LogP contribution is 2.23. The molecule has 0 aliphatic carbocycles. The van der Waals surface area contributed by atoms with E-state index in [0.717, 1.165) is 5.69 Å². The van der Waals surface area contributed by atoms with Gasteiger partial charge in [-0.1, -0.05) is 13.8 Å². The monoisotopic (exact) mass is 196 g/mol. The molecule has 1 rings (SSSR count). The number of nitrogens with zero attached hydrogens (tertiary/aromatic N) is 2. The van der Waals surface area contributed by atoms with Crippen LogP contribution in [0.2, 0.25) is 0 Å². The van der Waals surface area contributed by atoms with Gasteiger partial charge in [0.05, 0.1) is 11.4 Å². The van der Waals surface area contributed by atoms with Gasteiger partial charge in [0.25, 0.3) is 5.91 Å². The Balaban J connectivity index is 3.33. The molecule has 0 saturated heterocycles. The van der Waals surface area contributed by atoms with Crippen LogP contribution >= 0.6 is 0 Å². The van der Waals surface area contributed by atoms with E-state index in [4.69, 9.17) is 11.5 Å². The first-order valence-corrected chi connectivity index (χ1v) is 4.65. The first-order valence-electron chi connectivity index (χ1n) is 4.65. The zero-order valence-electron chi connectivity index (χ0n) is 8.74. The Hall–Kier alpha value is -1.52. The van der Waals surface area contributed by atoms with E-state index in [0.29, 0.717) is 17.9 Å². The van der Waals surface area contributed by atoms with E-state index in [1.165, 1.54) is 0 Å². The van der Waals surface area contributed by atoms with Gasteiger partial charge in [0, 0.05) is 6.54 Å². The summed E-state index contributed by atoms with van der Waals surface area (Å²) in [5.74, 6) is -0.329. The number of nitrogen functional groups attached to an aromatic ring is 1. The van der Waals surface area contributed by atoms with Crippen molar-refractivity contribution in [2.24, 2.45) is 5.73 Å². The van der Waals surface area contributed by atoms with Gasteiger partial charge in [0.2, 0.25) is 0 Å². The molecule has 0 atom stereocenters. The van der Waals surface area contributed by atoms with Gasteiger partial charge in [0.15, 0.2) is 0 Å². The molecule has 0 saturated carbocycles. The van der Waals surface area contributed by atoms with Crippen LogP contribution in [0.4, 0.5) is 5.69 Å². The molecule has 0 aliphatic heterocycles. The third kappa shape index (κ3) is 1.57. The summed E-state index contributed by atoms with van der Waals surface area (Å²) in [6.45, 7) is 6.44. The average Bonchev–Trinajstić information content (AvgIpc) is 2.42. The number of hydrogen-bond donors (Lipinski definition) is 2. The number of aromatic nitrogens is 2. The van der Waals surface area contributed by atoms with Gasteiger partial charge in [-0.2, -0.15) is 5.10 Å². The molecular weight excluding hydrogens is 180 g/mol. The Labute approximate surface area is 83.1 Å². The molecule has 0 aliphatic rings. The van der Waals surface area contributed by atoms with Crippen LogP contribution in [-0.2, 0) is 6.54 Å². The zero-order valence-corrected chi connectivity index (χ0v) is 8.74. The lowest BCUT2D eigenvalue weighted by molar-refractivity contribution is 0.0991. The van der Waals surface area contributed by atoms with Crippen LogP contribution < -0.4 is 11.5 Å². The summed E-state index contributed by atoms with van der Waals surface area (Å²) in [6.07, 6.45) is 0. The second-order valence-electron chi connectivity index (χ2n) is 3.48. The first kappa shape index (κ1) is 10.6. The lowest BCUT2D eigenvalue weighted by Gasteiger charge is -2.00. The van der Waals surface area contributed by atoms with Crippen molar-refractivity contribution < 1.29 is 4.79 Å². The van der Waals surface area contributed by atoms with Gasteiger partial charge in [-0.25, -0.2) is 0 Å². The van der Waals surface area contributed by atoms with Crippen LogP contribution in [0.5, 0.6) is 0 Å². The van der Waals surface area contributed by atoms with Gasteiger partial charge < -0.3 is 11.5 Å². The van der Waals surface area contributed by atoms with E-state index in [1.54, 1.807) is 4.68 Å². The van der Waals surface area contributed by atoms with Crippen molar-refractivity contribution in [3.63, 3.8) is 0 Å². The summed E-state index contributed by atoms with van der Waals surface area (Å²) < 4.78 is 1.55. The Bertz CT molecular complexity index is 354. The van der Waals surface area contributed by atoms with Crippen molar-refractivity contribution in [2.45, 2.75) is 33.2 Å². The molecule has 1 aromatic heterocycles. The first-order chi connectivity index (χ1) is 6.49. The molecule has 0 radical (unpaired) electrons. The summed E-state index contributed by atoms with van der Waals surface area (Å²) in [4.78, 5) is 11.1. The van der Waals surface area contributed by atoms with Crippen LogP contribution in [0.15, 0.2) is 0 Å². The topological polar surface area (TPSA) is 86.9 Å². The number of rotatable bonds is 3. The van der Waals surface area contributed by atoms with Crippen molar-refractivity contribution >= 4 is 11.6 Å². The molecule has 5 nitrogen and oxygen atoms in total. The average molecular weight is 196 g/mol. The third-order valence-electron chi connectivity index (χ3n) is 2.10. The number of nitrogens with two attached hydrogens (primary N) is 2. The maximum atomic E-state index is 11.1. The fourth-order valence-corrected chi connectivity index (χ4v) is 1.41. The van der Waals surface area contributed by atoms with Crippen LogP contribution in [0, 0.1) is 0 Å². The van der Waals surface area contributed by atoms with Crippen molar-refractivity contribution in [3.05, 3.63) is 11.4 Å². The quantitative estimate of drug-likeness (QED) is 0.746. The molecule has 1 amide bonds. The second kappa shape index (κ2) is 3.69. The molecule has 0 bridgehead atoms. The molecule has 0 aromatic carbocycles. The summed E-state index contributed by atoms with van der Waals surface area (Å²) in [5.41, 5.74) is 12.5. The van der Waals surface area contributed by atoms with Crippen molar-refractivity contribution in [3.8, 4) is 0 Å². The van der Waals surface area contributed by atoms with Gasteiger partial charge in [0.1, 0.15) is 5.69 Å². The predicted molar refractivity (Wildman–Crippen MR) is 54.9 cm³/mol. The molecule has 0 fully saturated rings. The number of carbonyl (C=O) groups is 1.